The first-order valence-electron chi connectivity index (χ1n) is 5.51. The van der Waals surface area contributed by atoms with Crippen LogP contribution in [0.3, 0.4) is 0 Å². The summed E-state index contributed by atoms with van der Waals surface area (Å²) in [4.78, 5) is 17.8. The maximum absolute atomic E-state index is 14.1. The summed E-state index contributed by atoms with van der Waals surface area (Å²) in [5.41, 5.74) is -0.665. The van der Waals surface area contributed by atoms with Crippen LogP contribution in [0.1, 0.15) is 0 Å². The number of fused-ring (bicyclic) bond motifs is 1. The number of halogens is 3. The molecule has 5 nitrogen and oxygen atoms in total. The van der Waals surface area contributed by atoms with E-state index in [0.29, 0.717) is 16.3 Å². The van der Waals surface area contributed by atoms with Crippen molar-refractivity contribution in [3.05, 3.63) is 51.4 Å². The van der Waals surface area contributed by atoms with Crippen molar-refractivity contribution < 1.29 is 13.7 Å². The first-order valence-corrected chi connectivity index (χ1v) is 6.70. The number of nitro groups is 1. The molecule has 3 aromatic rings. The second-order valence-electron chi connectivity index (χ2n) is 4.03. The minimum absolute atomic E-state index is 0.183. The summed E-state index contributed by atoms with van der Waals surface area (Å²) in [6.07, 6.45) is 1.24. The molecule has 0 aliphatic heterocycles. The van der Waals surface area contributed by atoms with E-state index in [-0.39, 0.29) is 15.6 Å². The fraction of sp³-hybridized carbons (Fsp3) is 0. The van der Waals surface area contributed by atoms with Crippen LogP contribution in [0.5, 0.6) is 0 Å². The molecule has 3 rings (SSSR count). The van der Waals surface area contributed by atoms with Gasteiger partial charge in [0.25, 0.3) is 0 Å². The lowest BCUT2D eigenvalue weighted by Crippen LogP contribution is -1.96. The van der Waals surface area contributed by atoms with Crippen molar-refractivity contribution in [2.24, 2.45) is 0 Å². The molecule has 2 aromatic heterocycles. The van der Waals surface area contributed by atoms with Crippen molar-refractivity contribution in [1.82, 2.24) is 9.97 Å². The van der Waals surface area contributed by atoms with Crippen LogP contribution in [0.15, 0.2) is 24.5 Å². The van der Waals surface area contributed by atoms with Gasteiger partial charge in [0.15, 0.2) is 0 Å². The van der Waals surface area contributed by atoms with E-state index in [2.05, 4.69) is 9.97 Å². The van der Waals surface area contributed by atoms with Crippen LogP contribution in [0.4, 0.5) is 14.5 Å². The molecule has 1 aromatic carbocycles. The fourth-order valence-corrected chi connectivity index (χ4v) is 3.10. The van der Waals surface area contributed by atoms with Gasteiger partial charge in [0.2, 0.25) is 5.82 Å². The first kappa shape index (κ1) is 13.8. The Morgan fingerprint density at radius 2 is 2.00 bits per heavy atom. The maximum Gasteiger partial charge on any atom is 0.308 e. The van der Waals surface area contributed by atoms with Crippen molar-refractivity contribution in [1.29, 1.82) is 0 Å². The summed E-state index contributed by atoms with van der Waals surface area (Å²) in [7, 11) is 0. The molecular formula is C12H4ClF2N3O2S. The number of thiophene rings is 1. The van der Waals surface area contributed by atoms with E-state index < -0.39 is 22.2 Å². The molecule has 0 amide bonds. The molecule has 21 heavy (non-hydrogen) atoms. The highest BCUT2D eigenvalue weighted by atomic mass is 35.5. The Balaban J connectivity index is 2.27. The molecule has 0 radical (unpaired) electrons. The highest BCUT2D eigenvalue weighted by Crippen LogP contribution is 2.38. The molecule has 106 valence electrons. The number of hydrogen-bond donors (Lipinski definition) is 0. The average molecular weight is 328 g/mol. The van der Waals surface area contributed by atoms with Gasteiger partial charge >= 0.3 is 5.69 Å². The third-order valence-electron chi connectivity index (χ3n) is 2.75. The molecular weight excluding hydrogens is 324 g/mol. The van der Waals surface area contributed by atoms with Gasteiger partial charge in [0.05, 0.1) is 21.2 Å². The van der Waals surface area contributed by atoms with E-state index in [0.717, 1.165) is 17.4 Å². The average Bonchev–Trinajstić information content (AvgIpc) is 2.86. The lowest BCUT2D eigenvalue weighted by atomic mass is 10.1. The molecule has 9 heteroatoms. The quantitative estimate of drug-likeness (QED) is 0.402. The van der Waals surface area contributed by atoms with Gasteiger partial charge in [-0.05, 0) is 12.1 Å². The van der Waals surface area contributed by atoms with Crippen molar-refractivity contribution in [3.63, 3.8) is 0 Å². The van der Waals surface area contributed by atoms with Crippen LogP contribution in [0.25, 0.3) is 20.7 Å². The summed E-state index contributed by atoms with van der Waals surface area (Å²) in [6, 6.07) is 2.92. The minimum atomic E-state index is -1.10. The van der Waals surface area contributed by atoms with Crippen molar-refractivity contribution in [3.8, 4) is 10.4 Å². The summed E-state index contributed by atoms with van der Waals surface area (Å²) in [5.74, 6) is -2.00. The van der Waals surface area contributed by atoms with Crippen molar-refractivity contribution >= 4 is 38.8 Å². The van der Waals surface area contributed by atoms with Gasteiger partial charge in [-0.2, -0.15) is 4.39 Å². The van der Waals surface area contributed by atoms with Gasteiger partial charge < -0.3 is 0 Å². The van der Waals surface area contributed by atoms with Gasteiger partial charge in [-0.1, -0.05) is 11.6 Å². The maximum atomic E-state index is 14.1. The second kappa shape index (κ2) is 4.97. The highest BCUT2D eigenvalue weighted by Gasteiger charge is 2.22. The number of nitrogens with zero attached hydrogens (tertiary/aromatic N) is 3. The van der Waals surface area contributed by atoms with Crippen LogP contribution >= 0.6 is 22.9 Å². The van der Waals surface area contributed by atoms with Gasteiger partial charge in [-0.15, -0.1) is 11.3 Å². The molecule has 0 aliphatic carbocycles. The number of aromatic nitrogens is 2. The number of rotatable bonds is 2. The van der Waals surface area contributed by atoms with E-state index in [1.165, 1.54) is 12.4 Å². The van der Waals surface area contributed by atoms with Crippen LogP contribution in [0, 0.1) is 21.7 Å². The van der Waals surface area contributed by atoms with Crippen LogP contribution in [0.2, 0.25) is 5.15 Å². The van der Waals surface area contributed by atoms with Crippen molar-refractivity contribution in [2.75, 3.05) is 0 Å². The zero-order valence-corrected chi connectivity index (χ0v) is 11.6. The summed E-state index contributed by atoms with van der Waals surface area (Å²) in [5, 5.41) is 10.9. The van der Waals surface area contributed by atoms with E-state index in [4.69, 9.17) is 11.6 Å². The lowest BCUT2D eigenvalue weighted by Gasteiger charge is -2.01. The SMILES string of the molecule is O=[N+]([O-])c1cc(F)cc(-c2cc3ncnc(Cl)c3s2)c1F. The minimum Gasteiger partial charge on any atom is -0.258 e. The third-order valence-corrected chi connectivity index (χ3v) is 4.31. The Kier molecular flexibility index (Phi) is 3.26. The smallest absolute Gasteiger partial charge is 0.258 e. The normalized spacial score (nSPS) is 11.0. The van der Waals surface area contributed by atoms with Gasteiger partial charge in [0, 0.05) is 10.4 Å². The van der Waals surface area contributed by atoms with Crippen LogP contribution in [-0.4, -0.2) is 14.9 Å². The molecule has 0 saturated heterocycles. The Morgan fingerprint density at radius 1 is 1.24 bits per heavy atom. The van der Waals surface area contributed by atoms with E-state index in [1.54, 1.807) is 0 Å². The van der Waals surface area contributed by atoms with E-state index in [1.807, 2.05) is 0 Å². The molecule has 0 aliphatic rings. The van der Waals surface area contributed by atoms with Gasteiger partial charge in [-0.25, -0.2) is 14.4 Å². The molecule has 0 atom stereocenters. The standard InChI is InChI=1S/C12H4ClF2N3O2S/c13-12-11-7(16-4-17-12)3-9(21-11)6-1-5(14)2-8(10(6)15)18(19)20/h1-4H. The Labute approximate surface area is 125 Å². The zero-order chi connectivity index (χ0) is 15.1. The fourth-order valence-electron chi connectivity index (χ4n) is 1.85. The van der Waals surface area contributed by atoms with Gasteiger partial charge in [-0.3, -0.25) is 10.1 Å². The predicted octanol–water partition coefficient (Wildman–Crippen LogP) is 4.20. The van der Waals surface area contributed by atoms with Crippen LogP contribution < -0.4 is 0 Å². The Morgan fingerprint density at radius 3 is 2.67 bits per heavy atom. The zero-order valence-electron chi connectivity index (χ0n) is 10.0. The number of hydrogen-bond acceptors (Lipinski definition) is 5. The Hall–Kier alpha value is -2.19. The van der Waals surface area contributed by atoms with E-state index >= 15 is 0 Å². The summed E-state index contributed by atoms with van der Waals surface area (Å²) < 4.78 is 28.1. The highest BCUT2D eigenvalue weighted by molar-refractivity contribution is 7.22. The molecule has 0 saturated carbocycles. The molecule has 0 N–H and O–H groups in total. The molecule has 2 heterocycles. The molecule has 0 bridgehead atoms. The predicted molar refractivity (Wildman–Crippen MR) is 74.4 cm³/mol. The lowest BCUT2D eigenvalue weighted by molar-refractivity contribution is -0.387. The third kappa shape index (κ3) is 2.32. The monoisotopic (exact) mass is 327 g/mol. The van der Waals surface area contributed by atoms with Crippen LogP contribution in [-0.2, 0) is 0 Å². The van der Waals surface area contributed by atoms with E-state index in [9.17, 15) is 18.9 Å². The topological polar surface area (TPSA) is 68.9 Å². The van der Waals surface area contributed by atoms with Gasteiger partial charge in [0.1, 0.15) is 17.3 Å². The largest absolute Gasteiger partial charge is 0.308 e. The molecule has 0 fully saturated rings. The first-order chi connectivity index (χ1) is 9.97. The number of nitro benzene ring substituents is 1. The Bertz CT molecular complexity index is 884. The van der Waals surface area contributed by atoms with Crippen molar-refractivity contribution in [2.45, 2.75) is 0 Å². The molecule has 0 unspecified atom stereocenters. The summed E-state index contributed by atoms with van der Waals surface area (Å²) in [6.45, 7) is 0. The summed E-state index contributed by atoms with van der Waals surface area (Å²) >= 11 is 6.93. The number of benzene rings is 1. The molecule has 0 spiro atoms. The second-order valence-corrected chi connectivity index (χ2v) is 5.44.